The van der Waals surface area contributed by atoms with Gasteiger partial charge in [-0.05, 0) is 24.3 Å². The Morgan fingerprint density at radius 1 is 1.33 bits per heavy atom. The van der Waals surface area contributed by atoms with E-state index in [-0.39, 0.29) is 5.56 Å². The van der Waals surface area contributed by atoms with Crippen molar-refractivity contribution in [1.82, 2.24) is 4.57 Å². The van der Waals surface area contributed by atoms with E-state index in [1.807, 2.05) is 19.3 Å². The molecular formula is C13H21NO. The average molecular weight is 207 g/mol. The molecule has 0 amide bonds. The highest BCUT2D eigenvalue weighted by Crippen LogP contribution is 2.24. The summed E-state index contributed by atoms with van der Waals surface area (Å²) in [6.45, 7) is 4.43. The van der Waals surface area contributed by atoms with E-state index in [9.17, 15) is 4.79 Å². The first-order valence-corrected chi connectivity index (χ1v) is 5.85. The zero-order valence-electron chi connectivity index (χ0n) is 9.99. The zero-order valence-corrected chi connectivity index (χ0v) is 9.99. The second kappa shape index (κ2) is 5.74. The van der Waals surface area contributed by atoms with Crippen molar-refractivity contribution in [1.29, 1.82) is 0 Å². The molecule has 0 radical (unpaired) electrons. The van der Waals surface area contributed by atoms with E-state index in [1.165, 1.54) is 24.8 Å². The minimum absolute atomic E-state index is 0.0732. The van der Waals surface area contributed by atoms with Gasteiger partial charge in [-0.3, -0.25) is 4.79 Å². The van der Waals surface area contributed by atoms with Crippen molar-refractivity contribution in [3.8, 4) is 0 Å². The van der Waals surface area contributed by atoms with Gasteiger partial charge in [-0.2, -0.15) is 0 Å². The lowest BCUT2D eigenvalue weighted by Crippen LogP contribution is -2.15. The lowest BCUT2D eigenvalue weighted by Gasteiger charge is -2.15. The van der Waals surface area contributed by atoms with E-state index in [0.717, 1.165) is 6.42 Å². The van der Waals surface area contributed by atoms with E-state index in [0.29, 0.717) is 5.92 Å². The third-order valence-corrected chi connectivity index (χ3v) is 2.98. The molecule has 1 aromatic rings. The lowest BCUT2D eigenvalue weighted by molar-refractivity contribution is 0.564. The summed E-state index contributed by atoms with van der Waals surface area (Å²) < 4.78 is 1.67. The van der Waals surface area contributed by atoms with Gasteiger partial charge in [-0.15, -0.1) is 0 Å². The second-order valence-electron chi connectivity index (χ2n) is 4.16. The van der Waals surface area contributed by atoms with E-state index < -0.39 is 0 Å². The first-order valence-electron chi connectivity index (χ1n) is 5.85. The molecule has 1 unspecified atom stereocenters. The molecular weight excluding hydrogens is 186 g/mol. The minimum atomic E-state index is 0.0732. The zero-order chi connectivity index (χ0) is 11.3. The summed E-state index contributed by atoms with van der Waals surface area (Å²) in [6, 6.07) is 3.65. The molecule has 2 heteroatoms. The second-order valence-corrected chi connectivity index (χ2v) is 4.16. The van der Waals surface area contributed by atoms with Crippen LogP contribution >= 0.6 is 0 Å². The monoisotopic (exact) mass is 207 g/mol. The van der Waals surface area contributed by atoms with Gasteiger partial charge in [0.25, 0.3) is 0 Å². The normalized spacial score (nSPS) is 12.7. The van der Waals surface area contributed by atoms with Gasteiger partial charge in [0.05, 0.1) is 0 Å². The first-order chi connectivity index (χ1) is 7.19. The van der Waals surface area contributed by atoms with Gasteiger partial charge in [0.15, 0.2) is 0 Å². The third-order valence-electron chi connectivity index (χ3n) is 2.98. The van der Waals surface area contributed by atoms with Gasteiger partial charge in [-0.25, -0.2) is 0 Å². The number of unbranched alkanes of at least 4 members (excludes halogenated alkanes) is 1. The molecule has 1 aromatic heterocycles. The van der Waals surface area contributed by atoms with E-state index in [4.69, 9.17) is 0 Å². The average Bonchev–Trinajstić information content (AvgIpc) is 2.24. The van der Waals surface area contributed by atoms with E-state index >= 15 is 0 Å². The molecule has 2 nitrogen and oxygen atoms in total. The van der Waals surface area contributed by atoms with Crippen molar-refractivity contribution >= 4 is 0 Å². The molecule has 0 aromatic carbocycles. The number of hydrogen-bond donors (Lipinski definition) is 0. The Bertz CT molecular complexity index is 354. The molecule has 15 heavy (non-hydrogen) atoms. The van der Waals surface area contributed by atoms with Crippen LogP contribution in [0.4, 0.5) is 0 Å². The van der Waals surface area contributed by atoms with Crippen LogP contribution in [-0.2, 0) is 7.05 Å². The predicted octanol–water partition coefficient (Wildman–Crippen LogP) is 3.07. The molecule has 1 heterocycles. The smallest absolute Gasteiger partial charge is 0.250 e. The summed E-state index contributed by atoms with van der Waals surface area (Å²) in [5.41, 5.74) is 1.37. The molecule has 0 aliphatic carbocycles. The fraction of sp³-hybridized carbons (Fsp3) is 0.615. The maximum Gasteiger partial charge on any atom is 0.250 e. The van der Waals surface area contributed by atoms with Crippen LogP contribution in [0.2, 0.25) is 0 Å². The van der Waals surface area contributed by atoms with Gasteiger partial charge in [0.1, 0.15) is 0 Å². The van der Waals surface area contributed by atoms with Crippen molar-refractivity contribution in [2.45, 2.75) is 45.4 Å². The fourth-order valence-electron chi connectivity index (χ4n) is 1.91. The van der Waals surface area contributed by atoms with Crippen LogP contribution < -0.4 is 5.56 Å². The summed E-state index contributed by atoms with van der Waals surface area (Å²) in [7, 11) is 1.82. The van der Waals surface area contributed by atoms with Crippen molar-refractivity contribution in [2.24, 2.45) is 7.05 Å². The maximum absolute atomic E-state index is 11.3. The largest absolute Gasteiger partial charge is 0.318 e. The van der Waals surface area contributed by atoms with E-state index in [2.05, 4.69) is 13.8 Å². The highest BCUT2D eigenvalue weighted by molar-refractivity contribution is 5.15. The molecule has 0 fully saturated rings. The molecule has 0 spiro atoms. The predicted molar refractivity (Wildman–Crippen MR) is 64.2 cm³/mol. The van der Waals surface area contributed by atoms with Gasteiger partial charge in [-0.1, -0.05) is 32.8 Å². The Balaban J connectivity index is 2.82. The van der Waals surface area contributed by atoms with Crippen molar-refractivity contribution in [3.05, 3.63) is 34.2 Å². The van der Waals surface area contributed by atoms with Crippen LogP contribution in [0.25, 0.3) is 0 Å². The van der Waals surface area contributed by atoms with Gasteiger partial charge < -0.3 is 4.57 Å². The summed E-state index contributed by atoms with van der Waals surface area (Å²) in [4.78, 5) is 11.3. The first kappa shape index (κ1) is 12.0. The summed E-state index contributed by atoms with van der Waals surface area (Å²) in [6.07, 6.45) is 6.86. The highest BCUT2D eigenvalue weighted by Gasteiger charge is 2.09. The molecule has 84 valence electrons. The summed E-state index contributed by atoms with van der Waals surface area (Å²) in [5, 5.41) is 0. The number of aryl methyl sites for hydroxylation is 1. The van der Waals surface area contributed by atoms with Gasteiger partial charge in [0.2, 0.25) is 5.56 Å². The molecule has 0 N–H and O–H groups in total. The lowest BCUT2D eigenvalue weighted by atomic mass is 9.92. The van der Waals surface area contributed by atoms with Crippen LogP contribution in [0.5, 0.6) is 0 Å². The maximum atomic E-state index is 11.3. The highest BCUT2D eigenvalue weighted by atomic mass is 16.1. The Labute approximate surface area is 91.9 Å². The van der Waals surface area contributed by atoms with Crippen molar-refractivity contribution < 1.29 is 0 Å². The Morgan fingerprint density at radius 2 is 2.07 bits per heavy atom. The Hall–Kier alpha value is -1.05. The molecule has 1 rings (SSSR count). The van der Waals surface area contributed by atoms with Crippen molar-refractivity contribution in [3.63, 3.8) is 0 Å². The van der Waals surface area contributed by atoms with Gasteiger partial charge >= 0.3 is 0 Å². The molecule has 0 saturated heterocycles. The third kappa shape index (κ3) is 3.22. The summed E-state index contributed by atoms with van der Waals surface area (Å²) >= 11 is 0. The van der Waals surface area contributed by atoms with Gasteiger partial charge in [0, 0.05) is 19.3 Å². The SMILES string of the molecule is CCCCC(CC)c1ccc(=O)n(C)c1. The molecule has 0 aliphatic rings. The molecule has 0 aliphatic heterocycles. The van der Waals surface area contributed by atoms with Crippen LogP contribution in [-0.4, -0.2) is 4.57 Å². The quantitative estimate of drug-likeness (QED) is 0.727. The van der Waals surface area contributed by atoms with Crippen molar-refractivity contribution in [2.75, 3.05) is 0 Å². The van der Waals surface area contributed by atoms with Crippen LogP contribution in [0.1, 0.15) is 51.0 Å². The minimum Gasteiger partial charge on any atom is -0.318 e. The van der Waals surface area contributed by atoms with Crippen LogP contribution in [0, 0.1) is 0 Å². The van der Waals surface area contributed by atoms with Crippen LogP contribution in [0.15, 0.2) is 23.1 Å². The standard InChI is InChI=1S/C13H21NO/c1-4-6-7-11(5-2)12-8-9-13(15)14(3)10-12/h8-11H,4-7H2,1-3H3. The fourth-order valence-corrected chi connectivity index (χ4v) is 1.91. The molecule has 1 atom stereocenters. The van der Waals surface area contributed by atoms with Crippen LogP contribution in [0.3, 0.4) is 0 Å². The molecule has 0 bridgehead atoms. The number of aromatic nitrogens is 1. The Morgan fingerprint density at radius 3 is 2.60 bits per heavy atom. The summed E-state index contributed by atoms with van der Waals surface area (Å²) in [5.74, 6) is 0.608. The van der Waals surface area contributed by atoms with E-state index in [1.54, 1.807) is 10.6 Å². The number of rotatable bonds is 5. The molecule has 0 saturated carbocycles. The number of pyridine rings is 1. The topological polar surface area (TPSA) is 22.0 Å². The number of hydrogen-bond acceptors (Lipinski definition) is 1. The Kier molecular flexibility index (Phi) is 4.60. The number of nitrogens with zero attached hydrogens (tertiary/aromatic N) is 1.